The molecule has 4 rings (SSSR count). The summed E-state index contributed by atoms with van der Waals surface area (Å²) in [4.78, 5) is 17.0. The van der Waals surface area contributed by atoms with Gasteiger partial charge in [-0.25, -0.2) is 4.68 Å². The first-order valence-electron chi connectivity index (χ1n) is 10.3. The lowest BCUT2D eigenvalue weighted by Crippen LogP contribution is -2.26. The Hall–Kier alpha value is -3.21. The second-order valence-electron chi connectivity index (χ2n) is 8.81. The first-order chi connectivity index (χ1) is 14.4. The number of nitrogens with zero attached hydrogens (tertiary/aromatic N) is 3. The fourth-order valence-corrected chi connectivity index (χ4v) is 4.15. The highest BCUT2D eigenvalue weighted by Gasteiger charge is 2.60. The van der Waals surface area contributed by atoms with E-state index >= 15 is 0 Å². The Bertz CT molecular complexity index is 1060. The number of hydrogen-bond donors (Lipinski definition) is 1. The number of aromatic nitrogens is 3. The van der Waals surface area contributed by atoms with E-state index in [1.54, 1.807) is 12.4 Å². The van der Waals surface area contributed by atoms with E-state index < -0.39 is 0 Å². The van der Waals surface area contributed by atoms with Gasteiger partial charge in [-0.3, -0.25) is 9.78 Å². The summed E-state index contributed by atoms with van der Waals surface area (Å²) >= 11 is 0. The highest BCUT2D eigenvalue weighted by molar-refractivity contribution is 5.83. The van der Waals surface area contributed by atoms with Crippen molar-refractivity contribution in [2.45, 2.75) is 34.2 Å². The zero-order valence-electron chi connectivity index (χ0n) is 18.0. The molecule has 2 unspecified atom stereocenters. The normalized spacial score (nSPS) is 19.2. The summed E-state index contributed by atoms with van der Waals surface area (Å²) in [6.45, 7) is 8.94. The molecular weight excluding hydrogens is 372 g/mol. The third-order valence-electron chi connectivity index (χ3n) is 5.92. The minimum Gasteiger partial charge on any atom is -0.352 e. The van der Waals surface area contributed by atoms with Gasteiger partial charge in [0.05, 0.1) is 17.3 Å². The SMILES string of the molecule is CC(C)=CC1C(C(=O)NCc2cn(-c3ccccc3)nc2-c2ccncc2)C1(C)C. The zero-order chi connectivity index (χ0) is 21.3. The molecule has 3 aromatic rings. The van der Waals surface area contributed by atoms with Gasteiger partial charge in [0.1, 0.15) is 0 Å². The number of nitrogens with one attached hydrogen (secondary N) is 1. The number of benzene rings is 1. The summed E-state index contributed by atoms with van der Waals surface area (Å²) < 4.78 is 1.87. The monoisotopic (exact) mass is 400 g/mol. The average Bonchev–Trinajstić information content (AvgIpc) is 3.08. The summed E-state index contributed by atoms with van der Waals surface area (Å²) in [5, 5.41) is 7.96. The van der Waals surface area contributed by atoms with E-state index in [4.69, 9.17) is 5.10 Å². The first kappa shape index (κ1) is 20.1. The summed E-state index contributed by atoms with van der Waals surface area (Å²) in [7, 11) is 0. The number of carbonyl (C=O) groups excluding carboxylic acids is 1. The minimum atomic E-state index is 0.00348. The molecule has 0 bridgehead atoms. The number of pyridine rings is 1. The van der Waals surface area contributed by atoms with Crippen molar-refractivity contribution in [3.63, 3.8) is 0 Å². The molecule has 1 N–H and O–H groups in total. The standard InChI is InChI=1S/C25H28N4O/c1-17(2)14-21-22(25(21,3)4)24(30)27-15-19-16-29(20-8-6-5-7-9-20)28-23(19)18-10-12-26-13-11-18/h5-14,16,21-22H,15H2,1-4H3,(H,27,30). The fourth-order valence-electron chi connectivity index (χ4n) is 4.15. The van der Waals surface area contributed by atoms with Crippen molar-refractivity contribution in [1.29, 1.82) is 0 Å². The molecule has 5 nitrogen and oxygen atoms in total. The Labute approximate surface area is 177 Å². The molecule has 1 aromatic carbocycles. The molecule has 1 aliphatic carbocycles. The zero-order valence-corrected chi connectivity index (χ0v) is 18.0. The fraction of sp³-hybridized carbons (Fsp3) is 0.320. The molecule has 5 heteroatoms. The van der Waals surface area contributed by atoms with Crippen molar-refractivity contribution >= 4 is 5.91 Å². The van der Waals surface area contributed by atoms with Crippen molar-refractivity contribution in [2.24, 2.45) is 17.3 Å². The Balaban J connectivity index is 1.57. The topological polar surface area (TPSA) is 59.8 Å². The van der Waals surface area contributed by atoms with Gasteiger partial charge in [0.25, 0.3) is 0 Å². The molecule has 1 aliphatic rings. The number of para-hydroxylation sites is 1. The van der Waals surface area contributed by atoms with Gasteiger partial charge in [-0.1, -0.05) is 43.7 Å². The number of amides is 1. The molecule has 0 aliphatic heterocycles. The summed E-state index contributed by atoms with van der Waals surface area (Å²) in [5.74, 6) is 0.422. The van der Waals surface area contributed by atoms with E-state index in [-0.39, 0.29) is 17.2 Å². The highest BCUT2D eigenvalue weighted by Crippen LogP contribution is 2.59. The van der Waals surface area contributed by atoms with E-state index in [9.17, 15) is 4.79 Å². The second-order valence-corrected chi connectivity index (χ2v) is 8.81. The Kier molecular flexibility index (Phi) is 5.29. The maximum Gasteiger partial charge on any atom is 0.224 e. The van der Waals surface area contributed by atoms with Crippen LogP contribution < -0.4 is 5.32 Å². The third-order valence-corrected chi connectivity index (χ3v) is 5.92. The van der Waals surface area contributed by atoms with Crippen molar-refractivity contribution in [2.75, 3.05) is 0 Å². The summed E-state index contributed by atoms with van der Waals surface area (Å²) in [6, 6.07) is 13.9. The molecule has 30 heavy (non-hydrogen) atoms. The predicted octanol–water partition coefficient (Wildman–Crippen LogP) is 4.79. The van der Waals surface area contributed by atoms with Crippen LogP contribution in [0.25, 0.3) is 16.9 Å². The van der Waals surface area contributed by atoms with Crippen molar-refractivity contribution in [3.8, 4) is 16.9 Å². The number of hydrogen-bond acceptors (Lipinski definition) is 3. The first-order valence-corrected chi connectivity index (χ1v) is 10.3. The smallest absolute Gasteiger partial charge is 0.224 e. The lowest BCUT2D eigenvalue weighted by atomic mass is 10.1. The van der Waals surface area contributed by atoms with Crippen LogP contribution >= 0.6 is 0 Å². The van der Waals surface area contributed by atoms with Crippen LogP contribution in [0.3, 0.4) is 0 Å². The van der Waals surface area contributed by atoms with Gasteiger partial charge < -0.3 is 5.32 Å². The van der Waals surface area contributed by atoms with Gasteiger partial charge in [0.15, 0.2) is 0 Å². The summed E-state index contributed by atoms with van der Waals surface area (Å²) in [6.07, 6.45) is 7.74. The highest BCUT2D eigenvalue weighted by atomic mass is 16.2. The Morgan fingerprint density at radius 1 is 1.13 bits per heavy atom. The van der Waals surface area contributed by atoms with Crippen LogP contribution in [0.2, 0.25) is 0 Å². The average molecular weight is 401 g/mol. The minimum absolute atomic E-state index is 0.00348. The molecule has 0 spiro atoms. The third kappa shape index (κ3) is 3.92. The van der Waals surface area contributed by atoms with Crippen molar-refractivity contribution in [1.82, 2.24) is 20.1 Å². The largest absolute Gasteiger partial charge is 0.352 e. The molecule has 0 radical (unpaired) electrons. The van der Waals surface area contributed by atoms with Crippen LogP contribution in [0.15, 0.2) is 72.7 Å². The molecule has 2 atom stereocenters. The molecule has 0 saturated heterocycles. The van der Waals surface area contributed by atoms with Gasteiger partial charge >= 0.3 is 0 Å². The van der Waals surface area contributed by atoms with Crippen LogP contribution in [0.5, 0.6) is 0 Å². The van der Waals surface area contributed by atoms with E-state index in [1.165, 1.54) is 5.57 Å². The maximum absolute atomic E-state index is 12.9. The maximum atomic E-state index is 12.9. The second kappa shape index (κ2) is 7.90. The lowest BCUT2D eigenvalue weighted by molar-refractivity contribution is -0.123. The van der Waals surface area contributed by atoms with Gasteiger partial charge in [0.2, 0.25) is 5.91 Å². The van der Waals surface area contributed by atoms with Crippen LogP contribution in [0, 0.1) is 17.3 Å². The lowest BCUT2D eigenvalue weighted by Gasteiger charge is -2.06. The van der Waals surface area contributed by atoms with Gasteiger partial charge in [-0.15, -0.1) is 0 Å². The van der Waals surface area contributed by atoms with E-state index in [0.29, 0.717) is 12.5 Å². The number of carbonyl (C=O) groups is 1. The van der Waals surface area contributed by atoms with Crippen LogP contribution in [0.4, 0.5) is 0 Å². The van der Waals surface area contributed by atoms with Crippen LogP contribution in [-0.4, -0.2) is 20.7 Å². The van der Waals surface area contributed by atoms with Gasteiger partial charge in [-0.05, 0) is 49.4 Å². The predicted molar refractivity (Wildman–Crippen MR) is 119 cm³/mol. The number of rotatable bonds is 6. The molecule has 1 fully saturated rings. The van der Waals surface area contributed by atoms with Crippen LogP contribution in [-0.2, 0) is 11.3 Å². The molecule has 1 amide bonds. The molecule has 2 heterocycles. The quantitative estimate of drug-likeness (QED) is 0.605. The van der Waals surface area contributed by atoms with Gasteiger partial charge in [0, 0.05) is 36.3 Å². The van der Waals surface area contributed by atoms with E-state index in [2.05, 4.69) is 44.1 Å². The van der Waals surface area contributed by atoms with E-state index in [1.807, 2.05) is 53.3 Å². The molecular formula is C25H28N4O. The summed E-state index contributed by atoms with van der Waals surface area (Å²) in [5.41, 5.74) is 5.07. The molecule has 154 valence electrons. The molecule has 2 aromatic heterocycles. The molecule has 1 saturated carbocycles. The van der Waals surface area contributed by atoms with Gasteiger partial charge in [-0.2, -0.15) is 5.10 Å². The van der Waals surface area contributed by atoms with Crippen LogP contribution in [0.1, 0.15) is 33.3 Å². The number of allylic oxidation sites excluding steroid dienone is 2. The van der Waals surface area contributed by atoms with E-state index in [0.717, 1.165) is 22.5 Å². The van der Waals surface area contributed by atoms with Crippen molar-refractivity contribution < 1.29 is 4.79 Å². The Morgan fingerprint density at radius 3 is 2.50 bits per heavy atom. The Morgan fingerprint density at radius 2 is 1.83 bits per heavy atom. The van der Waals surface area contributed by atoms with Crippen molar-refractivity contribution in [3.05, 3.63) is 78.3 Å².